The van der Waals surface area contributed by atoms with Gasteiger partial charge >= 0.3 is 0 Å². The fourth-order valence-electron chi connectivity index (χ4n) is 3.76. The molecule has 1 aliphatic carbocycles. The summed E-state index contributed by atoms with van der Waals surface area (Å²) in [5.41, 5.74) is 6.49. The van der Waals surface area contributed by atoms with E-state index >= 15 is 0 Å². The highest BCUT2D eigenvalue weighted by Gasteiger charge is 2.27. The number of likely N-dealkylation sites (tertiary alicyclic amines) is 1. The number of piperidine rings is 1. The van der Waals surface area contributed by atoms with Crippen molar-refractivity contribution in [3.8, 4) is 11.5 Å². The molecule has 0 radical (unpaired) electrons. The third-order valence-electron chi connectivity index (χ3n) is 5.17. The van der Waals surface area contributed by atoms with Crippen molar-refractivity contribution < 1.29 is 14.3 Å². The maximum atomic E-state index is 12.9. The van der Waals surface area contributed by atoms with Crippen molar-refractivity contribution in [3.63, 3.8) is 0 Å². The summed E-state index contributed by atoms with van der Waals surface area (Å²) in [6.07, 6.45) is 8.07. The topological polar surface area (TPSA) is 64.8 Å². The average Bonchev–Trinajstić information content (AvgIpc) is 3.14. The van der Waals surface area contributed by atoms with Crippen LogP contribution in [0.3, 0.4) is 0 Å². The highest BCUT2D eigenvalue weighted by Crippen LogP contribution is 2.33. The van der Waals surface area contributed by atoms with Crippen LogP contribution in [-0.4, -0.2) is 43.2 Å². The van der Waals surface area contributed by atoms with Gasteiger partial charge < -0.3 is 20.1 Å². The zero-order valence-electron chi connectivity index (χ0n) is 14.9. The van der Waals surface area contributed by atoms with Gasteiger partial charge in [0.1, 0.15) is 0 Å². The molecule has 1 heterocycles. The summed E-state index contributed by atoms with van der Waals surface area (Å²) in [5, 5.41) is 0. The van der Waals surface area contributed by atoms with E-state index in [9.17, 15) is 4.79 Å². The number of nitrogens with two attached hydrogens (primary N) is 1. The Bertz CT molecular complexity index is 576. The number of ether oxygens (including phenoxy) is 2. The van der Waals surface area contributed by atoms with E-state index in [4.69, 9.17) is 15.2 Å². The van der Waals surface area contributed by atoms with Gasteiger partial charge in [0, 0.05) is 24.7 Å². The molecule has 1 saturated heterocycles. The number of methoxy groups -OCH3 is 1. The largest absolute Gasteiger partial charge is 0.493 e. The lowest BCUT2D eigenvalue weighted by atomic mass is 10.0. The Morgan fingerprint density at radius 3 is 2.56 bits per heavy atom. The van der Waals surface area contributed by atoms with Crippen molar-refractivity contribution in [2.45, 2.75) is 57.1 Å². The SMILES string of the molecule is COc1cc(C(=O)N2CCCCC2CN)ccc1OC1CCCC1.Cl. The lowest BCUT2D eigenvalue weighted by molar-refractivity contribution is 0.0623. The smallest absolute Gasteiger partial charge is 0.254 e. The summed E-state index contributed by atoms with van der Waals surface area (Å²) in [5.74, 6) is 1.40. The summed E-state index contributed by atoms with van der Waals surface area (Å²) in [6.45, 7) is 1.30. The molecule has 25 heavy (non-hydrogen) atoms. The van der Waals surface area contributed by atoms with Crippen LogP contribution in [0.4, 0.5) is 0 Å². The molecule has 0 aromatic heterocycles. The first-order valence-corrected chi connectivity index (χ1v) is 9.08. The van der Waals surface area contributed by atoms with E-state index in [0.29, 0.717) is 17.9 Å². The number of benzene rings is 1. The van der Waals surface area contributed by atoms with Gasteiger partial charge in [0.15, 0.2) is 11.5 Å². The van der Waals surface area contributed by atoms with Crippen LogP contribution in [0.5, 0.6) is 11.5 Å². The standard InChI is InChI=1S/C19H28N2O3.ClH/c1-23-18-12-14(9-10-17(18)24-16-7-2-3-8-16)19(22)21-11-5-4-6-15(21)13-20;/h9-10,12,15-16H,2-8,11,13,20H2,1H3;1H. The fourth-order valence-corrected chi connectivity index (χ4v) is 3.76. The quantitative estimate of drug-likeness (QED) is 0.865. The van der Waals surface area contributed by atoms with E-state index in [1.54, 1.807) is 13.2 Å². The lowest BCUT2D eigenvalue weighted by Gasteiger charge is -2.35. The maximum absolute atomic E-state index is 12.9. The van der Waals surface area contributed by atoms with Crippen molar-refractivity contribution in [1.82, 2.24) is 4.90 Å². The molecule has 1 unspecified atom stereocenters. The highest BCUT2D eigenvalue weighted by molar-refractivity contribution is 5.95. The number of hydrogen-bond acceptors (Lipinski definition) is 4. The van der Waals surface area contributed by atoms with Gasteiger partial charge in [-0.15, -0.1) is 12.4 Å². The van der Waals surface area contributed by atoms with Crippen LogP contribution >= 0.6 is 12.4 Å². The van der Waals surface area contributed by atoms with Gasteiger partial charge in [-0.2, -0.15) is 0 Å². The Labute approximate surface area is 156 Å². The Balaban J connectivity index is 0.00000225. The van der Waals surface area contributed by atoms with Crippen LogP contribution in [0.15, 0.2) is 18.2 Å². The van der Waals surface area contributed by atoms with Gasteiger partial charge in [-0.25, -0.2) is 0 Å². The first-order chi connectivity index (χ1) is 11.7. The second-order valence-corrected chi connectivity index (χ2v) is 6.77. The second kappa shape index (κ2) is 9.30. The molecule has 3 rings (SSSR count). The molecule has 6 heteroatoms. The van der Waals surface area contributed by atoms with Gasteiger partial charge in [0.25, 0.3) is 5.91 Å². The second-order valence-electron chi connectivity index (χ2n) is 6.77. The van der Waals surface area contributed by atoms with E-state index in [0.717, 1.165) is 44.4 Å². The van der Waals surface area contributed by atoms with E-state index in [1.165, 1.54) is 12.8 Å². The molecule has 2 fully saturated rings. The third-order valence-corrected chi connectivity index (χ3v) is 5.17. The first-order valence-electron chi connectivity index (χ1n) is 9.08. The summed E-state index contributed by atoms with van der Waals surface area (Å²) in [7, 11) is 1.62. The number of halogens is 1. The molecule has 5 nitrogen and oxygen atoms in total. The van der Waals surface area contributed by atoms with Crippen molar-refractivity contribution in [2.24, 2.45) is 5.73 Å². The maximum Gasteiger partial charge on any atom is 0.254 e. The van der Waals surface area contributed by atoms with Crippen LogP contribution < -0.4 is 15.2 Å². The predicted molar refractivity (Wildman–Crippen MR) is 101 cm³/mol. The first kappa shape index (κ1) is 19.9. The molecular formula is C19H29ClN2O3. The van der Waals surface area contributed by atoms with Crippen molar-refractivity contribution in [1.29, 1.82) is 0 Å². The number of hydrogen-bond donors (Lipinski definition) is 1. The molecule has 1 aromatic carbocycles. The Kier molecular flexibility index (Phi) is 7.38. The van der Waals surface area contributed by atoms with E-state index in [2.05, 4.69) is 0 Å². The predicted octanol–water partition coefficient (Wildman–Crippen LogP) is 3.39. The van der Waals surface area contributed by atoms with Gasteiger partial charge in [-0.1, -0.05) is 0 Å². The molecular weight excluding hydrogens is 340 g/mol. The molecule has 140 valence electrons. The molecule has 1 saturated carbocycles. The average molecular weight is 369 g/mol. The highest BCUT2D eigenvalue weighted by atomic mass is 35.5. The molecule has 2 aliphatic rings. The molecule has 1 aromatic rings. The van der Waals surface area contributed by atoms with E-state index in [-0.39, 0.29) is 30.5 Å². The Morgan fingerprint density at radius 1 is 1.16 bits per heavy atom. The number of rotatable bonds is 5. The van der Waals surface area contributed by atoms with Crippen LogP contribution in [0.1, 0.15) is 55.3 Å². The van der Waals surface area contributed by atoms with Crippen LogP contribution in [0.25, 0.3) is 0 Å². The molecule has 0 bridgehead atoms. The zero-order valence-corrected chi connectivity index (χ0v) is 15.7. The van der Waals surface area contributed by atoms with Crippen LogP contribution in [0, 0.1) is 0 Å². The van der Waals surface area contributed by atoms with Gasteiger partial charge in [0.05, 0.1) is 13.2 Å². The van der Waals surface area contributed by atoms with E-state index in [1.807, 2.05) is 17.0 Å². The fraction of sp³-hybridized carbons (Fsp3) is 0.632. The van der Waals surface area contributed by atoms with Gasteiger partial charge in [-0.05, 0) is 63.1 Å². The number of carbonyl (C=O) groups is 1. The van der Waals surface area contributed by atoms with Gasteiger partial charge in [-0.3, -0.25) is 4.79 Å². The third kappa shape index (κ3) is 4.59. The minimum absolute atomic E-state index is 0. The monoisotopic (exact) mass is 368 g/mol. The number of amides is 1. The van der Waals surface area contributed by atoms with Gasteiger partial charge in [0.2, 0.25) is 0 Å². The van der Waals surface area contributed by atoms with Crippen molar-refractivity contribution in [3.05, 3.63) is 23.8 Å². The summed E-state index contributed by atoms with van der Waals surface area (Å²) >= 11 is 0. The normalized spacial score (nSPS) is 20.9. The minimum atomic E-state index is 0. The molecule has 1 atom stereocenters. The summed E-state index contributed by atoms with van der Waals surface area (Å²) in [6, 6.07) is 5.66. The Hall–Kier alpha value is -1.46. The molecule has 0 spiro atoms. The van der Waals surface area contributed by atoms with Crippen LogP contribution in [-0.2, 0) is 0 Å². The summed E-state index contributed by atoms with van der Waals surface area (Å²) < 4.78 is 11.5. The molecule has 1 amide bonds. The van der Waals surface area contributed by atoms with Crippen LogP contribution in [0.2, 0.25) is 0 Å². The summed E-state index contributed by atoms with van der Waals surface area (Å²) in [4.78, 5) is 14.8. The van der Waals surface area contributed by atoms with E-state index < -0.39 is 0 Å². The number of nitrogens with zero attached hydrogens (tertiary/aromatic N) is 1. The number of carbonyl (C=O) groups excluding carboxylic acids is 1. The minimum Gasteiger partial charge on any atom is -0.493 e. The Morgan fingerprint density at radius 2 is 1.88 bits per heavy atom. The molecule has 2 N–H and O–H groups in total. The van der Waals surface area contributed by atoms with Crippen molar-refractivity contribution in [2.75, 3.05) is 20.2 Å². The molecule has 1 aliphatic heterocycles. The lowest BCUT2D eigenvalue weighted by Crippen LogP contribution is -2.47. The zero-order chi connectivity index (χ0) is 16.9. The van der Waals surface area contributed by atoms with Crippen molar-refractivity contribution >= 4 is 18.3 Å².